The molecular weight excluding hydrogens is 478 g/mol. The van der Waals surface area contributed by atoms with Crippen LogP contribution in [0.3, 0.4) is 0 Å². The molecule has 1 fully saturated rings. The largest absolute Gasteiger partial charge is 0.398 e. The highest BCUT2D eigenvalue weighted by Crippen LogP contribution is 2.33. The number of aryl methyl sites for hydroxylation is 1. The molecule has 10 heteroatoms. The molecule has 36 heavy (non-hydrogen) atoms. The molecule has 2 heterocycles. The summed E-state index contributed by atoms with van der Waals surface area (Å²) in [5.74, 6) is 0.456. The Balaban J connectivity index is 1.76. The summed E-state index contributed by atoms with van der Waals surface area (Å²) in [6.07, 6.45) is 2.08. The highest BCUT2D eigenvalue weighted by Gasteiger charge is 2.32. The maximum atomic E-state index is 13.1. The molecule has 1 aliphatic heterocycles. The molecule has 0 unspecified atom stereocenters. The third kappa shape index (κ3) is 5.73. The van der Waals surface area contributed by atoms with Gasteiger partial charge < -0.3 is 25.8 Å². The minimum absolute atomic E-state index is 0.106. The summed E-state index contributed by atoms with van der Waals surface area (Å²) in [6, 6.07) is 3.43. The van der Waals surface area contributed by atoms with Crippen LogP contribution in [0.2, 0.25) is 5.02 Å². The van der Waals surface area contributed by atoms with Crippen molar-refractivity contribution in [1.82, 2.24) is 25.1 Å². The lowest BCUT2D eigenvalue weighted by Crippen LogP contribution is -2.60. The van der Waals surface area contributed by atoms with E-state index in [0.717, 1.165) is 12.0 Å². The summed E-state index contributed by atoms with van der Waals surface area (Å²) < 4.78 is 1.89. The van der Waals surface area contributed by atoms with Crippen molar-refractivity contribution in [2.75, 3.05) is 18.8 Å². The summed E-state index contributed by atoms with van der Waals surface area (Å²) in [7, 11) is 0. The molecular formula is C26H36ClN7O2. The van der Waals surface area contributed by atoms with Gasteiger partial charge in [-0.15, -0.1) is 0 Å². The van der Waals surface area contributed by atoms with E-state index in [9.17, 15) is 9.59 Å². The molecule has 1 saturated heterocycles. The van der Waals surface area contributed by atoms with Gasteiger partial charge in [0, 0.05) is 35.9 Å². The topological polar surface area (TPSA) is 129 Å². The van der Waals surface area contributed by atoms with Crippen molar-refractivity contribution in [3.8, 4) is 0 Å². The highest BCUT2D eigenvalue weighted by molar-refractivity contribution is 6.32. The molecule has 9 nitrogen and oxygen atoms in total. The van der Waals surface area contributed by atoms with Crippen LogP contribution in [0.15, 0.2) is 24.8 Å². The number of hydrogen-bond acceptors (Lipinski definition) is 5. The van der Waals surface area contributed by atoms with Crippen LogP contribution in [0.25, 0.3) is 0 Å². The van der Waals surface area contributed by atoms with Crippen molar-refractivity contribution < 1.29 is 9.59 Å². The molecule has 3 rings (SSSR count). The number of carbonyl (C=O) groups excluding carboxylic acids is 2. The van der Waals surface area contributed by atoms with Crippen LogP contribution in [0, 0.1) is 12.3 Å². The quantitative estimate of drug-likeness (QED) is 0.186. The number of nitrogens with one attached hydrogen (secondary N) is 3. The van der Waals surface area contributed by atoms with Gasteiger partial charge >= 0.3 is 0 Å². The lowest BCUT2D eigenvalue weighted by Gasteiger charge is -2.38. The van der Waals surface area contributed by atoms with Crippen LogP contribution in [-0.4, -0.2) is 51.2 Å². The number of amides is 2. The first kappa shape index (κ1) is 27.3. The number of benzene rings is 1. The predicted molar refractivity (Wildman–Crippen MR) is 144 cm³/mol. The van der Waals surface area contributed by atoms with Gasteiger partial charge in [-0.05, 0) is 42.5 Å². The second-order valence-corrected chi connectivity index (χ2v) is 10.5. The summed E-state index contributed by atoms with van der Waals surface area (Å²) in [5, 5.41) is 15.3. The number of aromatic nitrogens is 2. The van der Waals surface area contributed by atoms with Gasteiger partial charge in [0.1, 0.15) is 17.4 Å². The standard InChI is InChI=1S/C26H36ClN7O2/c1-7-9-34-21(12-30-24(29)17-10-18(26(4,5)6)19(27)11-20(17)28)31-15(3)23(34)25(36)32-16-13-33(14-16)22(35)8-2/h8,10-11,16H,2,7,9,12-14,28H2,1,3-6H3,(H2,29,30)(H,32,36). The molecule has 0 radical (unpaired) electrons. The first-order valence-electron chi connectivity index (χ1n) is 12.1. The molecule has 2 aromatic rings. The molecule has 2 amide bonds. The van der Waals surface area contributed by atoms with Crippen LogP contribution >= 0.6 is 11.6 Å². The van der Waals surface area contributed by atoms with E-state index in [2.05, 4.69) is 43.0 Å². The Hall–Kier alpha value is -3.33. The number of nitrogens with two attached hydrogens (primary N) is 1. The highest BCUT2D eigenvalue weighted by atomic mass is 35.5. The molecule has 0 aliphatic carbocycles. The molecule has 194 valence electrons. The van der Waals surface area contributed by atoms with E-state index in [1.54, 1.807) is 17.9 Å². The lowest BCUT2D eigenvalue weighted by molar-refractivity contribution is -0.130. The number of carbonyl (C=O) groups is 2. The number of rotatable bonds is 8. The van der Waals surface area contributed by atoms with Crippen LogP contribution in [0.4, 0.5) is 5.69 Å². The third-order valence-electron chi connectivity index (χ3n) is 6.23. The average molecular weight is 514 g/mol. The molecule has 0 bridgehead atoms. The van der Waals surface area contributed by atoms with Gasteiger partial charge in [0.25, 0.3) is 5.91 Å². The molecule has 0 spiro atoms. The van der Waals surface area contributed by atoms with Crippen LogP contribution in [0.1, 0.15) is 67.2 Å². The number of anilines is 1. The molecule has 1 aromatic heterocycles. The van der Waals surface area contributed by atoms with Crippen LogP contribution < -0.4 is 16.4 Å². The van der Waals surface area contributed by atoms with Crippen molar-refractivity contribution in [2.45, 2.75) is 65.6 Å². The first-order valence-corrected chi connectivity index (χ1v) is 12.5. The Morgan fingerprint density at radius 2 is 2.00 bits per heavy atom. The van der Waals surface area contributed by atoms with Crippen LogP contribution in [-0.2, 0) is 23.3 Å². The van der Waals surface area contributed by atoms with Crippen molar-refractivity contribution in [1.29, 1.82) is 5.41 Å². The number of halogens is 1. The molecule has 0 atom stereocenters. The second kappa shape index (κ2) is 10.7. The third-order valence-corrected chi connectivity index (χ3v) is 6.54. The zero-order valence-electron chi connectivity index (χ0n) is 21.7. The second-order valence-electron chi connectivity index (χ2n) is 10.1. The summed E-state index contributed by atoms with van der Waals surface area (Å²) >= 11 is 6.40. The average Bonchev–Trinajstić information content (AvgIpc) is 3.08. The van der Waals surface area contributed by atoms with Gasteiger partial charge in [-0.2, -0.15) is 0 Å². The monoisotopic (exact) mass is 513 g/mol. The van der Waals surface area contributed by atoms with Crippen LogP contribution in [0.5, 0.6) is 0 Å². The Labute approximate surface area is 217 Å². The van der Waals surface area contributed by atoms with Gasteiger partial charge in [-0.3, -0.25) is 15.0 Å². The zero-order chi connectivity index (χ0) is 26.8. The van der Waals surface area contributed by atoms with Crippen molar-refractivity contribution in [2.24, 2.45) is 0 Å². The maximum absolute atomic E-state index is 13.1. The van der Waals surface area contributed by atoms with Crippen molar-refractivity contribution in [3.05, 3.63) is 58.1 Å². The number of nitrogen functional groups attached to an aromatic ring is 1. The van der Waals surface area contributed by atoms with E-state index in [4.69, 9.17) is 22.7 Å². The fourth-order valence-electron chi connectivity index (χ4n) is 4.29. The number of hydrogen-bond donors (Lipinski definition) is 4. The van der Waals surface area contributed by atoms with E-state index in [-0.39, 0.29) is 35.7 Å². The summed E-state index contributed by atoms with van der Waals surface area (Å²) in [4.78, 5) is 31.0. The zero-order valence-corrected chi connectivity index (χ0v) is 22.4. The SMILES string of the molecule is C=CC(=O)N1CC(NC(=O)c2c(C)nc(CNC(=N)c3cc(C(C)(C)C)c(Cl)cc3N)n2CCC)C1. The Kier molecular flexibility index (Phi) is 8.13. The van der Waals surface area contributed by atoms with Gasteiger partial charge in [-0.25, -0.2) is 4.98 Å². The minimum Gasteiger partial charge on any atom is -0.398 e. The van der Waals surface area contributed by atoms with Crippen molar-refractivity contribution >= 4 is 34.9 Å². The number of nitrogens with zero attached hydrogens (tertiary/aromatic N) is 3. The van der Waals surface area contributed by atoms with E-state index >= 15 is 0 Å². The van der Waals surface area contributed by atoms with Gasteiger partial charge in [0.2, 0.25) is 5.91 Å². The summed E-state index contributed by atoms with van der Waals surface area (Å²) in [6.45, 7) is 15.3. The minimum atomic E-state index is -0.220. The fraction of sp³-hybridized carbons (Fsp3) is 0.462. The molecule has 0 saturated carbocycles. The smallest absolute Gasteiger partial charge is 0.270 e. The number of imidazole rings is 1. The predicted octanol–water partition coefficient (Wildman–Crippen LogP) is 3.38. The first-order chi connectivity index (χ1) is 16.9. The Bertz CT molecular complexity index is 1190. The maximum Gasteiger partial charge on any atom is 0.270 e. The lowest BCUT2D eigenvalue weighted by atomic mass is 9.85. The molecule has 1 aliphatic rings. The van der Waals surface area contributed by atoms with Gasteiger partial charge in [0.05, 0.1) is 18.3 Å². The van der Waals surface area contributed by atoms with Gasteiger partial charge in [0.15, 0.2) is 0 Å². The summed E-state index contributed by atoms with van der Waals surface area (Å²) in [5.41, 5.74) is 8.98. The fourth-order valence-corrected chi connectivity index (χ4v) is 4.75. The Morgan fingerprint density at radius 3 is 2.58 bits per heavy atom. The molecule has 1 aromatic carbocycles. The Morgan fingerprint density at radius 1 is 1.33 bits per heavy atom. The van der Waals surface area contributed by atoms with E-state index in [1.165, 1.54) is 6.08 Å². The van der Waals surface area contributed by atoms with E-state index in [0.29, 0.717) is 53.1 Å². The van der Waals surface area contributed by atoms with Gasteiger partial charge in [-0.1, -0.05) is 45.9 Å². The normalized spacial score (nSPS) is 13.8. The number of likely N-dealkylation sites (tertiary alicyclic amines) is 1. The van der Waals surface area contributed by atoms with E-state index in [1.807, 2.05) is 17.6 Å². The van der Waals surface area contributed by atoms with E-state index < -0.39 is 0 Å². The van der Waals surface area contributed by atoms with Crippen molar-refractivity contribution in [3.63, 3.8) is 0 Å². The molecule has 5 N–H and O–H groups in total. The number of amidine groups is 1.